The lowest BCUT2D eigenvalue weighted by Gasteiger charge is -2.06. The molecular weight excluding hydrogens is 366 g/mol. The Morgan fingerprint density at radius 3 is 2.41 bits per heavy atom. The predicted octanol–water partition coefficient (Wildman–Crippen LogP) is 5.66. The first-order valence-corrected chi connectivity index (χ1v) is 9.46. The third-order valence-electron chi connectivity index (χ3n) is 4.41. The van der Waals surface area contributed by atoms with Crippen molar-refractivity contribution in [1.29, 1.82) is 0 Å². The Hall–Kier alpha value is -3.73. The molecule has 0 fully saturated rings. The molecule has 4 rings (SSSR count). The summed E-state index contributed by atoms with van der Waals surface area (Å²) >= 11 is 0. The molecule has 3 aromatic carbocycles. The maximum atomic E-state index is 12.4. The zero-order valence-corrected chi connectivity index (χ0v) is 16.1. The van der Waals surface area contributed by atoms with Crippen molar-refractivity contribution in [2.24, 2.45) is 0 Å². The van der Waals surface area contributed by atoms with Crippen LogP contribution < -0.4 is 14.8 Å². The number of nitrogens with one attached hydrogen (secondary N) is 1. The van der Waals surface area contributed by atoms with Gasteiger partial charge in [0.15, 0.2) is 5.76 Å². The second kappa shape index (κ2) is 8.52. The first kappa shape index (κ1) is 18.6. The average molecular weight is 387 g/mol. The number of furan rings is 1. The van der Waals surface area contributed by atoms with Crippen LogP contribution in [0.4, 0.5) is 5.69 Å². The van der Waals surface area contributed by atoms with Crippen LogP contribution in [0.1, 0.15) is 23.2 Å². The molecule has 0 aliphatic rings. The highest BCUT2D eigenvalue weighted by molar-refractivity contribution is 6.02. The molecule has 29 heavy (non-hydrogen) atoms. The van der Waals surface area contributed by atoms with Crippen molar-refractivity contribution in [3.63, 3.8) is 0 Å². The summed E-state index contributed by atoms with van der Waals surface area (Å²) in [6.45, 7) is 2.77. The van der Waals surface area contributed by atoms with E-state index < -0.39 is 0 Å². The van der Waals surface area contributed by atoms with Crippen LogP contribution in [0.25, 0.3) is 10.8 Å². The first-order chi connectivity index (χ1) is 14.2. The van der Waals surface area contributed by atoms with E-state index in [9.17, 15) is 4.79 Å². The molecule has 0 bridgehead atoms. The Labute approximate surface area is 168 Å². The Balaban J connectivity index is 1.36. The molecule has 1 N–H and O–H groups in total. The van der Waals surface area contributed by atoms with Crippen LogP contribution in [0.5, 0.6) is 11.5 Å². The predicted molar refractivity (Wildman–Crippen MR) is 113 cm³/mol. The summed E-state index contributed by atoms with van der Waals surface area (Å²) in [5, 5.41) is 5.08. The molecule has 1 amide bonds. The highest BCUT2D eigenvalue weighted by atomic mass is 16.5. The molecule has 1 aromatic heterocycles. The maximum absolute atomic E-state index is 12.4. The molecule has 146 valence electrons. The van der Waals surface area contributed by atoms with Gasteiger partial charge in [-0.05, 0) is 66.2 Å². The number of carbonyl (C=O) groups excluding carboxylic acids is 1. The zero-order valence-electron chi connectivity index (χ0n) is 16.1. The number of amides is 1. The van der Waals surface area contributed by atoms with Crippen molar-refractivity contribution in [2.75, 3.05) is 11.9 Å². The number of carbonyl (C=O) groups is 1. The molecule has 0 atom stereocenters. The molecule has 0 spiro atoms. The summed E-state index contributed by atoms with van der Waals surface area (Å²) in [7, 11) is 0. The average Bonchev–Trinajstić information content (AvgIpc) is 3.23. The molecule has 5 nitrogen and oxygen atoms in total. The van der Waals surface area contributed by atoms with Crippen LogP contribution in [-0.2, 0) is 6.61 Å². The van der Waals surface area contributed by atoms with Crippen molar-refractivity contribution in [1.82, 2.24) is 0 Å². The molecule has 0 aliphatic heterocycles. The van der Waals surface area contributed by atoms with Gasteiger partial charge in [0.2, 0.25) is 0 Å². The van der Waals surface area contributed by atoms with Crippen LogP contribution >= 0.6 is 0 Å². The highest BCUT2D eigenvalue weighted by Crippen LogP contribution is 2.22. The van der Waals surface area contributed by atoms with E-state index in [1.165, 1.54) is 0 Å². The Kier molecular flexibility index (Phi) is 5.47. The van der Waals surface area contributed by atoms with E-state index in [1.54, 1.807) is 24.3 Å². The van der Waals surface area contributed by atoms with Gasteiger partial charge in [0.05, 0.1) is 6.61 Å². The fourth-order valence-electron chi connectivity index (χ4n) is 2.98. The van der Waals surface area contributed by atoms with E-state index in [-0.39, 0.29) is 18.3 Å². The number of rotatable bonds is 7. The van der Waals surface area contributed by atoms with Crippen molar-refractivity contribution in [3.05, 3.63) is 90.4 Å². The Bertz CT molecular complexity index is 1120. The number of ether oxygens (including phenoxy) is 2. The lowest BCUT2D eigenvalue weighted by Crippen LogP contribution is -2.10. The van der Waals surface area contributed by atoms with Crippen molar-refractivity contribution in [3.8, 4) is 11.5 Å². The molecule has 1 heterocycles. The molecule has 0 saturated carbocycles. The van der Waals surface area contributed by atoms with Crippen molar-refractivity contribution >= 4 is 22.4 Å². The van der Waals surface area contributed by atoms with Gasteiger partial charge in [0.25, 0.3) is 5.91 Å². The van der Waals surface area contributed by atoms with Gasteiger partial charge in [0.1, 0.15) is 23.9 Å². The van der Waals surface area contributed by atoms with Crippen LogP contribution in [0, 0.1) is 0 Å². The number of anilines is 1. The van der Waals surface area contributed by atoms with E-state index >= 15 is 0 Å². The van der Waals surface area contributed by atoms with Gasteiger partial charge in [-0.15, -0.1) is 0 Å². The molecule has 0 aliphatic carbocycles. The number of hydrogen-bond donors (Lipinski definition) is 1. The third-order valence-corrected chi connectivity index (χ3v) is 4.41. The summed E-state index contributed by atoms with van der Waals surface area (Å²) in [6, 6.07) is 24.6. The zero-order chi connectivity index (χ0) is 20.1. The van der Waals surface area contributed by atoms with Gasteiger partial charge >= 0.3 is 0 Å². The highest BCUT2D eigenvalue weighted by Gasteiger charge is 2.12. The fraction of sp³-hybridized carbons (Fsp3) is 0.125. The number of benzene rings is 3. The minimum atomic E-state index is -0.314. The number of hydrogen-bond acceptors (Lipinski definition) is 4. The summed E-state index contributed by atoms with van der Waals surface area (Å²) in [6.07, 6.45) is 0. The van der Waals surface area contributed by atoms with Crippen LogP contribution in [0.3, 0.4) is 0 Å². The second-order valence-electron chi connectivity index (χ2n) is 6.48. The maximum Gasteiger partial charge on any atom is 0.291 e. The molecule has 4 aromatic rings. The molecule has 0 radical (unpaired) electrons. The Morgan fingerprint density at radius 2 is 1.62 bits per heavy atom. The summed E-state index contributed by atoms with van der Waals surface area (Å²) in [4.78, 5) is 12.4. The van der Waals surface area contributed by atoms with Gasteiger partial charge < -0.3 is 19.2 Å². The monoisotopic (exact) mass is 387 g/mol. The van der Waals surface area contributed by atoms with Crippen LogP contribution in [0.2, 0.25) is 0 Å². The summed E-state index contributed by atoms with van der Waals surface area (Å²) < 4.78 is 16.8. The van der Waals surface area contributed by atoms with E-state index in [0.29, 0.717) is 18.1 Å². The molecule has 0 unspecified atom stereocenters. The van der Waals surface area contributed by atoms with Gasteiger partial charge in [-0.1, -0.05) is 30.3 Å². The summed E-state index contributed by atoms with van der Waals surface area (Å²) in [5.41, 5.74) is 0.670. The van der Waals surface area contributed by atoms with Gasteiger partial charge in [-0.25, -0.2) is 0 Å². The van der Waals surface area contributed by atoms with Crippen LogP contribution in [-0.4, -0.2) is 12.5 Å². The van der Waals surface area contributed by atoms with Crippen LogP contribution in [0.15, 0.2) is 83.3 Å². The van der Waals surface area contributed by atoms with E-state index in [4.69, 9.17) is 13.9 Å². The Morgan fingerprint density at radius 1 is 0.862 bits per heavy atom. The van der Waals surface area contributed by atoms with Crippen molar-refractivity contribution < 1.29 is 18.7 Å². The number of fused-ring (bicyclic) bond motifs is 1. The topological polar surface area (TPSA) is 60.7 Å². The van der Waals surface area contributed by atoms with Gasteiger partial charge in [-0.2, -0.15) is 0 Å². The largest absolute Gasteiger partial charge is 0.494 e. The second-order valence-corrected chi connectivity index (χ2v) is 6.48. The SMILES string of the molecule is CCOc1ccc(NC(=O)c2ccc(COc3ccc4ccccc4c3)o2)cc1. The van der Waals surface area contributed by atoms with Crippen molar-refractivity contribution in [2.45, 2.75) is 13.5 Å². The minimum absolute atomic E-state index is 0.232. The summed E-state index contributed by atoms with van der Waals surface area (Å²) in [5.74, 6) is 2.01. The fourth-order valence-corrected chi connectivity index (χ4v) is 2.98. The first-order valence-electron chi connectivity index (χ1n) is 9.46. The standard InChI is InChI=1S/C24H21NO4/c1-2-27-20-11-8-19(9-12-20)25-24(26)23-14-13-22(29-23)16-28-21-10-7-17-5-3-4-6-18(17)15-21/h3-15H,2,16H2,1H3,(H,25,26). The van der Waals surface area contributed by atoms with E-state index in [2.05, 4.69) is 11.4 Å². The lowest BCUT2D eigenvalue weighted by molar-refractivity contribution is 0.0992. The van der Waals surface area contributed by atoms with E-state index in [0.717, 1.165) is 22.3 Å². The lowest BCUT2D eigenvalue weighted by atomic mass is 10.1. The normalized spacial score (nSPS) is 10.7. The molecular formula is C24H21NO4. The van der Waals surface area contributed by atoms with Gasteiger partial charge in [0, 0.05) is 5.69 Å². The molecule has 0 saturated heterocycles. The smallest absolute Gasteiger partial charge is 0.291 e. The molecule has 5 heteroatoms. The quantitative estimate of drug-likeness (QED) is 0.444. The van der Waals surface area contributed by atoms with E-state index in [1.807, 2.05) is 55.5 Å². The van der Waals surface area contributed by atoms with Gasteiger partial charge in [-0.3, -0.25) is 4.79 Å². The minimum Gasteiger partial charge on any atom is -0.494 e. The third kappa shape index (κ3) is 4.58.